The molecule has 0 aliphatic heterocycles. The number of sulfone groups is 1. The third kappa shape index (κ3) is 3.91. The number of aromatic carboxylic acids is 1. The van der Waals surface area contributed by atoms with Gasteiger partial charge in [0.2, 0.25) is 0 Å². The van der Waals surface area contributed by atoms with Crippen LogP contribution in [-0.2, 0) is 9.84 Å². The maximum Gasteiger partial charge on any atom is 0.354 e. The van der Waals surface area contributed by atoms with E-state index in [4.69, 9.17) is 5.11 Å². The van der Waals surface area contributed by atoms with Gasteiger partial charge in [0.25, 0.3) is 0 Å². The average Bonchev–Trinajstić information content (AvgIpc) is 2.45. The highest BCUT2D eigenvalue weighted by Gasteiger charge is 2.06. The first-order valence-corrected chi connectivity index (χ1v) is 7.78. The lowest BCUT2D eigenvalue weighted by molar-refractivity contribution is 0.0690. The summed E-state index contributed by atoms with van der Waals surface area (Å²) in [6, 6.07) is 10.7. The number of carbonyl (C=O) groups is 1. The number of carboxylic acids is 1. The molecule has 2 aromatic rings. The lowest BCUT2D eigenvalue weighted by atomic mass is 10.2. The van der Waals surface area contributed by atoms with E-state index in [1.165, 1.54) is 18.2 Å². The molecule has 0 saturated carbocycles. The monoisotopic (exact) mass is 301 g/mol. The first-order chi connectivity index (χ1) is 9.86. The predicted octanol–water partition coefficient (Wildman–Crippen LogP) is 1.58. The smallest absolute Gasteiger partial charge is 0.354 e. The summed E-state index contributed by atoms with van der Waals surface area (Å²) in [4.78, 5) is 14.9. The zero-order valence-corrected chi connectivity index (χ0v) is 11.9. The molecule has 0 amide bonds. The predicted molar refractivity (Wildman–Crippen MR) is 76.7 cm³/mol. The summed E-state index contributed by atoms with van der Waals surface area (Å²) in [5.41, 5.74) is 0.729. The van der Waals surface area contributed by atoms with E-state index in [1.807, 2.05) is 0 Å². The van der Waals surface area contributed by atoms with Crippen molar-refractivity contribution in [1.82, 2.24) is 4.98 Å². The first kappa shape index (κ1) is 14.8. The Hall–Kier alpha value is -2.65. The second kappa shape index (κ2) is 5.77. The van der Waals surface area contributed by atoms with Crippen molar-refractivity contribution >= 4 is 15.8 Å². The van der Waals surface area contributed by atoms with Crippen LogP contribution in [0.5, 0.6) is 0 Å². The van der Waals surface area contributed by atoms with Crippen LogP contribution in [-0.4, -0.2) is 30.7 Å². The van der Waals surface area contributed by atoms with Crippen molar-refractivity contribution in [2.75, 3.05) is 6.26 Å². The number of carboxylic acid groups (broad SMARTS) is 1. The lowest BCUT2D eigenvalue weighted by Gasteiger charge is -1.98. The van der Waals surface area contributed by atoms with Crippen molar-refractivity contribution in [3.8, 4) is 11.8 Å². The quantitative estimate of drug-likeness (QED) is 0.851. The van der Waals surface area contributed by atoms with Crippen molar-refractivity contribution in [3.63, 3.8) is 0 Å². The number of pyridine rings is 1. The van der Waals surface area contributed by atoms with Gasteiger partial charge < -0.3 is 5.11 Å². The molecule has 6 heteroatoms. The Morgan fingerprint density at radius 2 is 1.86 bits per heavy atom. The van der Waals surface area contributed by atoms with E-state index in [0.29, 0.717) is 11.3 Å². The van der Waals surface area contributed by atoms with Gasteiger partial charge in [-0.1, -0.05) is 18.1 Å². The zero-order chi connectivity index (χ0) is 15.5. The van der Waals surface area contributed by atoms with Gasteiger partial charge >= 0.3 is 5.97 Å². The van der Waals surface area contributed by atoms with E-state index >= 15 is 0 Å². The van der Waals surface area contributed by atoms with Gasteiger partial charge in [-0.25, -0.2) is 18.2 Å². The third-order valence-corrected chi connectivity index (χ3v) is 3.68. The highest BCUT2D eigenvalue weighted by Crippen LogP contribution is 2.10. The molecular formula is C15H11NO4S. The van der Waals surface area contributed by atoms with Gasteiger partial charge in [-0.3, -0.25) is 0 Å². The van der Waals surface area contributed by atoms with Crippen LogP contribution in [0.3, 0.4) is 0 Å². The van der Waals surface area contributed by atoms with Crippen LogP contribution in [0.15, 0.2) is 47.4 Å². The molecule has 0 bridgehead atoms. The number of nitrogens with zero attached hydrogens (tertiary/aromatic N) is 1. The fraction of sp³-hybridized carbons (Fsp3) is 0.0667. The van der Waals surface area contributed by atoms with Gasteiger partial charge in [0.15, 0.2) is 9.84 Å². The molecule has 1 N–H and O–H groups in total. The molecule has 0 aliphatic carbocycles. The van der Waals surface area contributed by atoms with E-state index in [0.717, 1.165) is 6.26 Å². The van der Waals surface area contributed by atoms with E-state index in [9.17, 15) is 13.2 Å². The topological polar surface area (TPSA) is 84.3 Å². The van der Waals surface area contributed by atoms with Crippen LogP contribution < -0.4 is 0 Å². The lowest BCUT2D eigenvalue weighted by Crippen LogP contribution is -2.00. The summed E-state index contributed by atoms with van der Waals surface area (Å²) in [5, 5.41) is 8.84. The minimum absolute atomic E-state index is 0.0910. The van der Waals surface area contributed by atoms with Crippen LogP contribution in [0.4, 0.5) is 0 Å². The Morgan fingerprint density at radius 1 is 1.14 bits per heavy atom. The summed E-state index contributed by atoms with van der Waals surface area (Å²) >= 11 is 0. The molecule has 0 aliphatic rings. The maximum absolute atomic E-state index is 11.5. The highest BCUT2D eigenvalue weighted by molar-refractivity contribution is 7.90. The minimum Gasteiger partial charge on any atom is -0.477 e. The maximum atomic E-state index is 11.5. The fourth-order valence-electron chi connectivity index (χ4n) is 1.56. The summed E-state index contributed by atoms with van der Waals surface area (Å²) in [7, 11) is -3.29. The molecule has 0 saturated heterocycles. The van der Waals surface area contributed by atoms with E-state index in [2.05, 4.69) is 16.8 Å². The number of hydrogen-bond donors (Lipinski definition) is 1. The van der Waals surface area contributed by atoms with Gasteiger partial charge in [-0.15, -0.1) is 0 Å². The molecule has 5 nitrogen and oxygen atoms in total. The SMILES string of the molecule is CS(=O)(=O)c1cccc(C#Cc2cccc(C(=O)O)n2)c1. The van der Waals surface area contributed by atoms with Crippen molar-refractivity contribution in [1.29, 1.82) is 0 Å². The second-order valence-corrected chi connectivity index (χ2v) is 6.28. The molecule has 1 aromatic carbocycles. The van der Waals surface area contributed by atoms with Gasteiger partial charge in [-0.05, 0) is 36.3 Å². The highest BCUT2D eigenvalue weighted by atomic mass is 32.2. The van der Waals surface area contributed by atoms with Gasteiger partial charge in [0, 0.05) is 11.8 Å². The molecule has 2 rings (SSSR count). The Kier molecular flexibility index (Phi) is 4.05. The molecule has 0 unspecified atom stereocenters. The molecule has 0 radical (unpaired) electrons. The number of rotatable bonds is 2. The number of benzene rings is 1. The van der Waals surface area contributed by atoms with Crippen LogP contribution in [0.2, 0.25) is 0 Å². The summed E-state index contributed by atoms with van der Waals surface area (Å²) < 4.78 is 22.9. The minimum atomic E-state index is -3.29. The molecule has 0 spiro atoms. The van der Waals surface area contributed by atoms with Crippen LogP contribution in [0.1, 0.15) is 21.7 Å². The average molecular weight is 301 g/mol. The zero-order valence-electron chi connectivity index (χ0n) is 11.1. The summed E-state index contributed by atoms with van der Waals surface area (Å²) in [6.45, 7) is 0. The molecule has 0 atom stereocenters. The van der Waals surface area contributed by atoms with Crippen molar-refractivity contribution in [2.24, 2.45) is 0 Å². The van der Waals surface area contributed by atoms with Crippen LogP contribution in [0, 0.1) is 11.8 Å². The Morgan fingerprint density at radius 3 is 2.52 bits per heavy atom. The van der Waals surface area contributed by atoms with Gasteiger partial charge in [-0.2, -0.15) is 0 Å². The van der Waals surface area contributed by atoms with Gasteiger partial charge in [0.05, 0.1) is 4.90 Å². The van der Waals surface area contributed by atoms with E-state index in [-0.39, 0.29) is 10.6 Å². The van der Waals surface area contributed by atoms with E-state index in [1.54, 1.807) is 24.3 Å². The summed E-state index contributed by atoms with van der Waals surface area (Å²) in [6.07, 6.45) is 1.12. The van der Waals surface area contributed by atoms with Crippen molar-refractivity contribution < 1.29 is 18.3 Å². The standard InChI is InChI=1S/C15H11NO4S/c1-21(19,20)13-6-2-4-11(10-13)8-9-12-5-3-7-14(16-12)15(17)18/h2-7,10H,1H3,(H,17,18). The normalized spacial score (nSPS) is 10.5. The van der Waals surface area contributed by atoms with E-state index < -0.39 is 15.8 Å². The van der Waals surface area contributed by atoms with Crippen LogP contribution in [0.25, 0.3) is 0 Å². The second-order valence-electron chi connectivity index (χ2n) is 4.26. The van der Waals surface area contributed by atoms with Crippen molar-refractivity contribution in [2.45, 2.75) is 4.90 Å². The fourth-order valence-corrected chi connectivity index (χ4v) is 2.23. The molecule has 1 aromatic heterocycles. The Bertz CT molecular complexity index is 860. The first-order valence-electron chi connectivity index (χ1n) is 5.89. The van der Waals surface area contributed by atoms with Crippen LogP contribution >= 0.6 is 0 Å². The Labute approximate surface area is 122 Å². The molecule has 1 heterocycles. The third-order valence-electron chi connectivity index (χ3n) is 2.57. The number of hydrogen-bond acceptors (Lipinski definition) is 4. The van der Waals surface area contributed by atoms with Crippen molar-refractivity contribution in [3.05, 3.63) is 59.4 Å². The molecule has 0 fully saturated rings. The summed E-state index contributed by atoms with van der Waals surface area (Å²) in [5.74, 6) is 4.36. The molecular weight excluding hydrogens is 290 g/mol. The Balaban J connectivity index is 2.36. The van der Waals surface area contributed by atoms with Gasteiger partial charge in [0.1, 0.15) is 11.4 Å². The number of aromatic nitrogens is 1. The molecule has 21 heavy (non-hydrogen) atoms. The molecule has 106 valence electrons. The largest absolute Gasteiger partial charge is 0.477 e.